The Morgan fingerprint density at radius 2 is 1.64 bits per heavy atom. The van der Waals surface area contributed by atoms with Crippen molar-refractivity contribution in [2.45, 2.75) is 25.7 Å². The number of carbonyl (C=O) groups is 2. The lowest BCUT2D eigenvalue weighted by Crippen LogP contribution is -2.27. The van der Waals surface area contributed by atoms with Gasteiger partial charge in [0.1, 0.15) is 13.2 Å². The maximum absolute atomic E-state index is 12.3. The highest BCUT2D eigenvalue weighted by molar-refractivity contribution is 8.00. The lowest BCUT2D eigenvalue weighted by atomic mass is 9.95. The molecule has 6 nitrogen and oxygen atoms in total. The summed E-state index contributed by atoms with van der Waals surface area (Å²) >= 11 is 1.42. The lowest BCUT2D eigenvalue weighted by Gasteiger charge is -2.18. The number of hydrogen-bond donors (Lipinski definition) is 2. The monoisotopic (exact) mass is 400 g/mol. The minimum atomic E-state index is -0.487. The zero-order valence-electron chi connectivity index (χ0n) is 16.2. The van der Waals surface area contributed by atoms with Gasteiger partial charge in [0, 0.05) is 21.7 Å². The van der Waals surface area contributed by atoms with Crippen LogP contribution in [0.3, 0.4) is 0 Å². The van der Waals surface area contributed by atoms with Gasteiger partial charge in [0.2, 0.25) is 11.8 Å². The Morgan fingerprint density at radius 1 is 0.964 bits per heavy atom. The molecule has 0 bridgehead atoms. The molecule has 0 aromatic heterocycles. The molecule has 0 atom stereocenters. The molecule has 1 aliphatic heterocycles. The molecule has 2 N–H and O–H groups in total. The molecule has 0 aliphatic carbocycles. The van der Waals surface area contributed by atoms with Crippen molar-refractivity contribution in [2.24, 2.45) is 5.41 Å². The maximum Gasteiger partial charge on any atom is 0.234 e. The number of rotatable bonds is 5. The van der Waals surface area contributed by atoms with Crippen LogP contribution in [-0.2, 0) is 9.59 Å². The van der Waals surface area contributed by atoms with E-state index in [9.17, 15) is 9.59 Å². The molecule has 3 rings (SSSR count). The van der Waals surface area contributed by atoms with E-state index in [1.165, 1.54) is 11.8 Å². The molecule has 7 heteroatoms. The van der Waals surface area contributed by atoms with E-state index < -0.39 is 5.41 Å². The number of carbonyl (C=O) groups excluding carboxylic acids is 2. The van der Waals surface area contributed by atoms with Gasteiger partial charge in [-0.15, -0.1) is 11.8 Å². The number of nitrogens with one attached hydrogen (secondary N) is 2. The average molecular weight is 401 g/mol. The summed E-state index contributed by atoms with van der Waals surface area (Å²) in [5, 5.41) is 5.72. The summed E-state index contributed by atoms with van der Waals surface area (Å²) in [7, 11) is 0. The molecular formula is C21H24N2O4S. The van der Waals surface area contributed by atoms with Crippen molar-refractivity contribution in [1.29, 1.82) is 0 Å². The van der Waals surface area contributed by atoms with Crippen LogP contribution < -0.4 is 20.1 Å². The molecule has 148 valence electrons. The van der Waals surface area contributed by atoms with Crippen LogP contribution in [0.5, 0.6) is 11.5 Å². The standard InChI is InChI=1S/C21H24N2O4S/c1-21(2,3)20(25)23-15-6-4-5-14(11-15)22-19(24)13-28-16-7-8-17-18(12-16)27-10-9-26-17/h4-8,11-12H,9-10,13H2,1-3H3,(H,22,24)(H,23,25). The van der Waals surface area contributed by atoms with E-state index >= 15 is 0 Å². The molecule has 2 amide bonds. The Morgan fingerprint density at radius 3 is 2.36 bits per heavy atom. The van der Waals surface area contributed by atoms with E-state index in [2.05, 4.69) is 10.6 Å². The summed E-state index contributed by atoms with van der Waals surface area (Å²) < 4.78 is 11.1. The van der Waals surface area contributed by atoms with E-state index in [0.717, 1.165) is 10.6 Å². The van der Waals surface area contributed by atoms with Gasteiger partial charge < -0.3 is 20.1 Å². The summed E-state index contributed by atoms with van der Waals surface area (Å²) in [6, 6.07) is 12.8. The van der Waals surface area contributed by atoms with E-state index in [1.807, 2.05) is 39.0 Å². The molecule has 0 saturated carbocycles. The number of ether oxygens (including phenoxy) is 2. The van der Waals surface area contributed by atoms with Crippen molar-refractivity contribution in [2.75, 3.05) is 29.6 Å². The smallest absolute Gasteiger partial charge is 0.234 e. The van der Waals surface area contributed by atoms with Gasteiger partial charge >= 0.3 is 0 Å². The summed E-state index contributed by atoms with van der Waals surface area (Å²) in [4.78, 5) is 25.3. The summed E-state index contributed by atoms with van der Waals surface area (Å²) in [6.07, 6.45) is 0. The topological polar surface area (TPSA) is 76.7 Å². The fraction of sp³-hybridized carbons (Fsp3) is 0.333. The molecule has 0 radical (unpaired) electrons. The number of amides is 2. The largest absolute Gasteiger partial charge is 0.486 e. The Kier molecular flexibility index (Phi) is 6.14. The Hall–Kier alpha value is -2.67. The first kappa shape index (κ1) is 20.1. The van der Waals surface area contributed by atoms with E-state index in [-0.39, 0.29) is 17.6 Å². The SMILES string of the molecule is CC(C)(C)C(=O)Nc1cccc(NC(=O)CSc2ccc3c(c2)OCCO3)c1. The van der Waals surface area contributed by atoms with Gasteiger partial charge in [-0.05, 0) is 36.4 Å². The number of fused-ring (bicyclic) bond motifs is 1. The Bertz CT molecular complexity index is 877. The molecule has 2 aromatic rings. The minimum Gasteiger partial charge on any atom is -0.486 e. The van der Waals surface area contributed by atoms with Crippen LogP contribution >= 0.6 is 11.8 Å². The minimum absolute atomic E-state index is 0.0786. The van der Waals surface area contributed by atoms with Crippen LogP contribution in [0.1, 0.15) is 20.8 Å². The van der Waals surface area contributed by atoms with Gasteiger partial charge in [-0.2, -0.15) is 0 Å². The first-order valence-electron chi connectivity index (χ1n) is 9.05. The quantitative estimate of drug-likeness (QED) is 0.737. The highest BCUT2D eigenvalue weighted by atomic mass is 32.2. The zero-order chi connectivity index (χ0) is 20.1. The molecule has 0 saturated heterocycles. The maximum atomic E-state index is 12.3. The predicted molar refractivity (Wildman–Crippen MR) is 111 cm³/mol. The van der Waals surface area contributed by atoms with Crippen LogP contribution in [0.15, 0.2) is 47.4 Å². The van der Waals surface area contributed by atoms with E-state index in [4.69, 9.17) is 9.47 Å². The highest BCUT2D eigenvalue weighted by Gasteiger charge is 2.21. The number of anilines is 2. The first-order chi connectivity index (χ1) is 13.3. The summed E-state index contributed by atoms with van der Waals surface area (Å²) in [6.45, 7) is 6.63. The molecule has 1 heterocycles. The third kappa shape index (κ3) is 5.42. The fourth-order valence-electron chi connectivity index (χ4n) is 2.45. The Labute approximate surface area is 169 Å². The van der Waals surface area contributed by atoms with Crippen LogP contribution in [-0.4, -0.2) is 30.8 Å². The summed E-state index contributed by atoms with van der Waals surface area (Å²) in [5.74, 6) is 1.50. The normalized spacial score (nSPS) is 13.0. The lowest BCUT2D eigenvalue weighted by molar-refractivity contribution is -0.123. The molecule has 2 aromatic carbocycles. The van der Waals surface area contributed by atoms with Gasteiger partial charge in [0.15, 0.2) is 11.5 Å². The second-order valence-electron chi connectivity index (χ2n) is 7.43. The zero-order valence-corrected chi connectivity index (χ0v) is 17.0. The summed E-state index contributed by atoms with van der Waals surface area (Å²) in [5.41, 5.74) is 0.802. The van der Waals surface area contributed by atoms with Gasteiger partial charge in [-0.3, -0.25) is 9.59 Å². The second kappa shape index (κ2) is 8.56. The molecule has 0 unspecified atom stereocenters. The van der Waals surface area contributed by atoms with Crippen molar-refractivity contribution in [1.82, 2.24) is 0 Å². The number of hydrogen-bond acceptors (Lipinski definition) is 5. The van der Waals surface area contributed by atoms with Crippen molar-refractivity contribution in [3.05, 3.63) is 42.5 Å². The molecule has 0 fully saturated rings. The fourth-order valence-corrected chi connectivity index (χ4v) is 3.18. The molecule has 28 heavy (non-hydrogen) atoms. The van der Waals surface area contributed by atoms with Crippen molar-refractivity contribution < 1.29 is 19.1 Å². The highest BCUT2D eigenvalue weighted by Crippen LogP contribution is 2.34. The predicted octanol–water partition coefficient (Wildman–Crippen LogP) is 4.17. The van der Waals surface area contributed by atoms with E-state index in [1.54, 1.807) is 24.3 Å². The van der Waals surface area contributed by atoms with Gasteiger partial charge in [-0.25, -0.2) is 0 Å². The van der Waals surface area contributed by atoms with Crippen molar-refractivity contribution in [3.8, 4) is 11.5 Å². The third-order valence-electron chi connectivity index (χ3n) is 3.97. The van der Waals surface area contributed by atoms with Gasteiger partial charge in [0.05, 0.1) is 5.75 Å². The van der Waals surface area contributed by atoms with Crippen LogP contribution in [0.25, 0.3) is 0 Å². The van der Waals surface area contributed by atoms with E-state index in [0.29, 0.717) is 30.3 Å². The van der Waals surface area contributed by atoms with Crippen molar-refractivity contribution in [3.63, 3.8) is 0 Å². The number of benzene rings is 2. The van der Waals surface area contributed by atoms with Crippen molar-refractivity contribution >= 4 is 35.0 Å². The second-order valence-corrected chi connectivity index (χ2v) is 8.48. The molecular weight excluding hydrogens is 376 g/mol. The first-order valence-corrected chi connectivity index (χ1v) is 10.0. The van der Waals surface area contributed by atoms with Crippen LogP contribution in [0.4, 0.5) is 11.4 Å². The molecule has 1 aliphatic rings. The third-order valence-corrected chi connectivity index (χ3v) is 4.96. The van der Waals surface area contributed by atoms with Gasteiger partial charge in [0.25, 0.3) is 0 Å². The van der Waals surface area contributed by atoms with Gasteiger partial charge in [-0.1, -0.05) is 26.8 Å². The number of thioether (sulfide) groups is 1. The van der Waals surface area contributed by atoms with Crippen LogP contribution in [0, 0.1) is 5.41 Å². The Balaban J connectivity index is 1.55. The molecule has 0 spiro atoms. The van der Waals surface area contributed by atoms with Crippen LogP contribution in [0.2, 0.25) is 0 Å². The average Bonchev–Trinajstić information content (AvgIpc) is 2.66.